The Labute approximate surface area is 174 Å². The highest BCUT2D eigenvalue weighted by atomic mass is 16.6. The molecule has 8 heteroatoms. The van der Waals surface area contributed by atoms with Gasteiger partial charge in [0.2, 0.25) is 0 Å². The van der Waals surface area contributed by atoms with Gasteiger partial charge >= 0.3 is 11.9 Å². The van der Waals surface area contributed by atoms with Crippen LogP contribution in [0.25, 0.3) is 0 Å². The number of hydrogen-bond donors (Lipinski definition) is 4. The Morgan fingerprint density at radius 1 is 1.33 bits per heavy atom. The molecule has 1 saturated heterocycles. The van der Waals surface area contributed by atoms with Crippen LogP contribution in [-0.2, 0) is 14.3 Å². The van der Waals surface area contributed by atoms with Gasteiger partial charge in [-0.3, -0.25) is 0 Å². The largest absolute Gasteiger partial charge is 0.491 e. The summed E-state index contributed by atoms with van der Waals surface area (Å²) in [6.07, 6.45) is 7.42. The van der Waals surface area contributed by atoms with Crippen LogP contribution >= 0.6 is 0 Å². The van der Waals surface area contributed by atoms with Crippen LogP contribution in [0.1, 0.15) is 18.4 Å². The van der Waals surface area contributed by atoms with Crippen molar-refractivity contribution >= 4 is 11.9 Å². The number of carbonyl (C=O) groups is 2. The van der Waals surface area contributed by atoms with Gasteiger partial charge < -0.3 is 30.3 Å². The Kier molecular flexibility index (Phi) is 6.79. The molecule has 4 N–H and O–H groups in total. The third kappa shape index (κ3) is 5.01. The summed E-state index contributed by atoms with van der Waals surface area (Å²) in [5.41, 5.74) is -1.41. The highest BCUT2D eigenvalue weighted by Crippen LogP contribution is 2.34. The molecule has 1 aromatic rings. The van der Waals surface area contributed by atoms with Gasteiger partial charge in [0.05, 0.1) is 6.61 Å². The molecule has 1 unspecified atom stereocenters. The van der Waals surface area contributed by atoms with Gasteiger partial charge in [-0.15, -0.1) is 0 Å². The number of benzene rings is 1. The van der Waals surface area contributed by atoms with E-state index in [0.29, 0.717) is 18.4 Å². The number of nitrogens with one attached hydrogen (secondary N) is 2. The Bertz CT molecular complexity index is 885. The van der Waals surface area contributed by atoms with Crippen LogP contribution < -0.4 is 15.4 Å². The van der Waals surface area contributed by atoms with Crippen LogP contribution in [0.5, 0.6) is 5.75 Å². The molecule has 0 saturated carbocycles. The lowest BCUT2D eigenvalue weighted by Gasteiger charge is -2.38. The van der Waals surface area contributed by atoms with E-state index >= 15 is 0 Å². The first kappa shape index (κ1) is 21.4. The number of hydrogen-bond acceptors (Lipinski definition) is 6. The SMILES string of the molecule is Cc1cccc(O[C@]2(/C(=C\C(=O)O)C(=O)O)NC=CC=C2OCC2CCCNC2)c1. The third-order valence-electron chi connectivity index (χ3n) is 4.99. The topological polar surface area (TPSA) is 117 Å². The summed E-state index contributed by atoms with van der Waals surface area (Å²) in [5, 5.41) is 25.4. The van der Waals surface area contributed by atoms with Gasteiger partial charge in [-0.25, -0.2) is 9.59 Å². The summed E-state index contributed by atoms with van der Waals surface area (Å²) in [6, 6.07) is 7.07. The lowest BCUT2D eigenvalue weighted by molar-refractivity contribution is -0.137. The van der Waals surface area contributed by atoms with Crippen LogP contribution in [0.4, 0.5) is 0 Å². The molecule has 0 radical (unpaired) electrons. The summed E-state index contributed by atoms with van der Waals surface area (Å²) in [4.78, 5) is 23.5. The zero-order valence-electron chi connectivity index (χ0n) is 16.8. The van der Waals surface area contributed by atoms with Gasteiger partial charge in [-0.1, -0.05) is 12.1 Å². The van der Waals surface area contributed by atoms with E-state index in [1.807, 2.05) is 13.0 Å². The van der Waals surface area contributed by atoms with Gasteiger partial charge in [0.25, 0.3) is 5.72 Å². The van der Waals surface area contributed by atoms with Crippen molar-refractivity contribution in [3.8, 4) is 5.75 Å². The molecular formula is C22H26N2O6. The first-order chi connectivity index (χ1) is 14.4. The Morgan fingerprint density at radius 2 is 2.17 bits per heavy atom. The molecule has 2 aliphatic heterocycles. The minimum absolute atomic E-state index is 0.187. The van der Waals surface area contributed by atoms with Gasteiger partial charge in [-0.2, -0.15) is 0 Å². The van der Waals surface area contributed by atoms with Crippen LogP contribution in [0.3, 0.4) is 0 Å². The maximum absolute atomic E-state index is 12.1. The molecule has 160 valence electrons. The van der Waals surface area contributed by atoms with Crippen LogP contribution in [0, 0.1) is 12.8 Å². The first-order valence-corrected chi connectivity index (χ1v) is 9.83. The maximum atomic E-state index is 12.1. The number of piperidine rings is 1. The van der Waals surface area contributed by atoms with E-state index in [9.17, 15) is 19.8 Å². The molecule has 2 heterocycles. The molecule has 0 amide bonds. The van der Waals surface area contributed by atoms with Crippen LogP contribution in [-0.4, -0.2) is 47.6 Å². The van der Waals surface area contributed by atoms with E-state index in [-0.39, 0.29) is 11.7 Å². The molecule has 3 rings (SSSR count). The summed E-state index contributed by atoms with van der Waals surface area (Å²) in [6.45, 7) is 4.00. The van der Waals surface area contributed by atoms with Crippen LogP contribution in [0.15, 0.2) is 60.0 Å². The molecule has 0 bridgehead atoms. The van der Waals surface area contributed by atoms with Gasteiger partial charge in [0.1, 0.15) is 11.3 Å². The van der Waals surface area contributed by atoms with E-state index in [1.54, 1.807) is 30.4 Å². The van der Waals surface area contributed by atoms with E-state index in [1.165, 1.54) is 6.20 Å². The second-order valence-electron chi connectivity index (χ2n) is 7.36. The Balaban J connectivity index is 1.99. The minimum Gasteiger partial charge on any atom is -0.491 e. The van der Waals surface area contributed by atoms with Gasteiger partial charge in [0.15, 0.2) is 5.76 Å². The van der Waals surface area contributed by atoms with Crippen molar-refractivity contribution in [3.05, 3.63) is 65.6 Å². The Morgan fingerprint density at radius 3 is 2.83 bits per heavy atom. The molecule has 2 aliphatic rings. The number of carboxylic acids is 2. The molecule has 30 heavy (non-hydrogen) atoms. The summed E-state index contributed by atoms with van der Waals surface area (Å²) in [7, 11) is 0. The number of allylic oxidation sites excluding steroid dienone is 2. The molecule has 0 aromatic heterocycles. The highest BCUT2D eigenvalue weighted by Gasteiger charge is 2.47. The van der Waals surface area contributed by atoms with Gasteiger partial charge in [-0.05, 0) is 56.2 Å². The first-order valence-electron chi connectivity index (χ1n) is 9.83. The summed E-state index contributed by atoms with van der Waals surface area (Å²) in [5.74, 6) is -2.00. The van der Waals surface area contributed by atoms with Crippen molar-refractivity contribution < 1.29 is 29.3 Å². The van der Waals surface area contributed by atoms with Crippen molar-refractivity contribution in [1.82, 2.24) is 10.6 Å². The molecule has 2 atom stereocenters. The third-order valence-corrected chi connectivity index (χ3v) is 4.99. The van der Waals surface area contributed by atoms with Gasteiger partial charge in [0, 0.05) is 24.7 Å². The monoisotopic (exact) mass is 414 g/mol. The molecule has 1 fully saturated rings. The molecular weight excluding hydrogens is 388 g/mol. The predicted molar refractivity (Wildman–Crippen MR) is 110 cm³/mol. The van der Waals surface area contributed by atoms with Crippen LogP contribution in [0.2, 0.25) is 0 Å². The maximum Gasteiger partial charge on any atom is 0.338 e. The molecule has 1 aromatic carbocycles. The Hall–Kier alpha value is -3.26. The lowest BCUT2D eigenvalue weighted by atomic mass is 9.96. The number of aryl methyl sites for hydroxylation is 1. The van der Waals surface area contributed by atoms with E-state index in [2.05, 4.69) is 10.6 Å². The average Bonchev–Trinajstić information content (AvgIpc) is 2.72. The summed E-state index contributed by atoms with van der Waals surface area (Å²) >= 11 is 0. The minimum atomic E-state index is -1.82. The number of dihydropyridines is 1. The van der Waals surface area contributed by atoms with Crippen molar-refractivity contribution in [2.45, 2.75) is 25.5 Å². The number of carboxylic acid groups (broad SMARTS) is 2. The zero-order valence-corrected chi connectivity index (χ0v) is 16.8. The predicted octanol–water partition coefficient (Wildman–Crippen LogP) is 2.18. The fraction of sp³-hybridized carbons (Fsp3) is 0.364. The second kappa shape index (κ2) is 9.49. The molecule has 0 aliphatic carbocycles. The fourth-order valence-corrected chi connectivity index (χ4v) is 3.55. The smallest absolute Gasteiger partial charge is 0.338 e. The fourth-order valence-electron chi connectivity index (χ4n) is 3.55. The quantitative estimate of drug-likeness (QED) is 0.478. The van der Waals surface area contributed by atoms with E-state index in [4.69, 9.17) is 9.47 Å². The molecule has 8 nitrogen and oxygen atoms in total. The lowest BCUT2D eigenvalue weighted by Crippen LogP contribution is -2.55. The standard InChI is InChI=1S/C22H26N2O6/c1-15-5-2-7-17(11-15)30-22(18(21(27)28)12-20(25)26)19(8-4-10-24-22)29-14-16-6-3-9-23-13-16/h2,4-5,7-8,10-12,16,23-24H,3,6,9,13-14H2,1H3,(H,25,26)(H,27,28)/b18-12-/t16?,22-/m0/s1. The average molecular weight is 414 g/mol. The van der Waals surface area contributed by atoms with Crippen molar-refractivity contribution in [3.63, 3.8) is 0 Å². The zero-order chi connectivity index (χ0) is 21.6. The number of aliphatic carboxylic acids is 2. The normalized spacial score (nSPS) is 23.8. The van der Waals surface area contributed by atoms with E-state index < -0.39 is 23.2 Å². The highest BCUT2D eigenvalue weighted by molar-refractivity contribution is 5.97. The number of ether oxygens (including phenoxy) is 2. The summed E-state index contributed by atoms with van der Waals surface area (Å²) < 4.78 is 12.2. The second-order valence-corrected chi connectivity index (χ2v) is 7.36. The van der Waals surface area contributed by atoms with Crippen molar-refractivity contribution in [1.29, 1.82) is 0 Å². The molecule has 0 spiro atoms. The number of rotatable bonds is 8. The van der Waals surface area contributed by atoms with Crippen molar-refractivity contribution in [2.24, 2.45) is 5.92 Å². The van der Waals surface area contributed by atoms with Crippen molar-refractivity contribution in [2.75, 3.05) is 19.7 Å². The van der Waals surface area contributed by atoms with E-state index in [0.717, 1.165) is 31.5 Å².